The summed E-state index contributed by atoms with van der Waals surface area (Å²) >= 11 is 1.88. The first-order valence-electron chi connectivity index (χ1n) is 8.07. The quantitative estimate of drug-likeness (QED) is 0.641. The van der Waals surface area contributed by atoms with E-state index in [0.29, 0.717) is 11.1 Å². The summed E-state index contributed by atoms with van der Waals surface area (Å²) < 4.78 is 0. The van der Waals surface area contributed by atoms with Crippen LogP contribution in [0.25, 0.3) is 5.57 Å². The van der Waals surface area contributed by atoms with Gasteiger partial charge >= 0.3 is 0 Å². The number of amides is 1. The van der Waals surface area contributed by atoms with Crippen LogP contribution in [-0.4, -0.2) is 41.2 Å². The second kappa shape index (κ2) is 6.29. The lowest BCUT2D eigenvalue weighted by Gasteiger charge is -2.26. The van der Waals surface area contributed by atoms with Gasteiger partial charge in [-0.3, -0.25) is 9.59 Å². The van der Waals surface area contributed by atoms with Crippen molar-refractivity contribution in [3.8, 4) is 0 Å². The molecular formula is C20H17NO2S. The number of thioether (sulfide) groups is 1. The molecule has 24 heavy (non-hydrogen) atoms. The van der Waals surface area contributed by atoms with Crippen molar-refractivity contribution in [1.29, 1.82) is 0 Å². The number of carbonyl (C=O) groups excluding carboxylic acids is 2. The van der Waals surface area contributed by atoms with Gasteiger partial charge in [-0.15, -0.1) is 0 Å². The average Bonchev–Trinajstić information content (AvgIpc) is 2.65. The monoisotopic (exact) mass is 335 g/mol. The van der Waals surface area contributed by atoms with Crippen LogP contribution in [0.1, 0.15) is 27.0 Å². The van der Waals surface area contributed by atoms with E-state index in [1.165, 1.54) is 0 Å². The highest BCUT2D eigenvalue weighted by molar-refractivity contribution is 7.99. The summed E-state index contributed by atoms with van der Waals surface area (Å²) in [6.07, 6.45) is 1.71. The fourth-order valence-electron chi connectivity index (χ4n) is 3.28. The van der Waals surface area contributed by atoms with Gasteiger partial charge in [-0.05, 0) is 16.7 Å². The molecule has 1 aliphatic heterocycles. The molecule has 0 unspecified atom stereocenters. The van der Waals surface area contributed by atoms with Gasteiger partial charge in [0.1, 0.15) is 0 Å². The van der Waals surface area contributed by atoms with Crippen molar-refractivity contribution in [1.82, 2.24) is 4.90 Å². The van der Waals surface area contributed by atoms with Gasteiger partial charge in [-0.25, -0.2) is 0 Å². The lowest BCUT2D eigenvalue weighted by molar-refractivity contribution is -0.125. The van der Waals surface area contributed by atoms with Crippen molar-refractivity contribution in [2.24, 2.45) is 0 Å². The molecular weight excluding hydrogens is 318 g/mol. The maximum absolute atomic E-state index is 12.7. The molecule has 0 atom stereocenters. The van der Waals surface area contributed by atoms with E-state index in [4.69, 9.17) is 0 Å². The molecule has 3 nitrogen and oxygen atoms in total. The topological polar surface area (TPSA) is 37.4 Å². The average molecular weight is 335 g/mol. The highest BCUT2D eigenvalue weighted by Gasteiger charge is 2.27. The Labute approximate surface area is 145 Å². The molecule has 4 heteroatoms. The Bertz CT molecular complexity index is 799. The molecule has 2 aromatic carbocycles. The second-order valence-corrected chi connectivity index (χ2v) is 7.14. The molecule has 0 aromatic heterocycles. The Hall–Kier alpha value is -2.33. The van der Waals surface area contributed by atoms with Gasteiger partial charge in [0, 0.05) is 41.8 Å². The predicted molar refractivity (Wildman–Crippen MR) is 97.3 cm³/mol. The molecule has 0 bridgehead atoms. The minimum absolute atomic E-state index is 0.0279. The largest absolute Gasteiger partial charge is 0.337 e. The van der Waals surface area contributed by atoms with E-state index >= 15 is 0 Å². The number of ketones is 1. The maximum Gasteiger partial charge on any atom is 0.247 e. The van der Waals surface area contributed by atoms with E-state index in [9.17, 15) is 9.59 Å². The van der Waals surface area contributed by atoms with Crippen LogP contribution in [0.4, 0.5) is 0 Å². The fraction of sp³-hybridized carbons (Fsp3) is 0.200. The van der Waals surface area contributed by atoms with E-state index in [-0.39, 0.29) is 11.7 Å². The van der Waals surface area contributed by atoms with E-state index in [1.54, 1.807) is 6.08 Å². The molecule has 1 heterocycles. The van der Waals surface area contributed by atoms with Crippen LogP contribution in [0.15, 0.2) is 54.6 Å². The molecule has 4 rings (SSSR count). The van der Waals surface area contributed by atoms with Crippen molar-refractivity contribution in [2.45, 2.75) is 0 Å². The van der Waals surface area contributed by atoms with Crippen molar-refractivity contribution < 1.29 is 9.59 Å². The lowest BCUT2D eigenvalue weighted by atomic mass is 9.81. The van der Waals surface area contributed by atoms with Gasteiger partial charge in [0.05, 0.1) is 0 Å². The molecule has 2 aromatic rings. The first kappa shape index (κ1) is 15.2. The Morgan fingerprint density at radius 3 is 1.92 bits per heavy atom. The summed E-state index contributed by atoms with van der Waals surface area (Å²) in [5.74, 6) is 2.03. The minimum atomic E-state index is 0.0279. The highest BCUT2D eigenvalue weighted by Crippen LogP contribution is 2.35. The van der Waals surface area contributed by atoms with Crippen LogP contribution in [0.2, 0.25) is 0 Å². The Morgan fingerprint density at radius 1 is 0.875 bits per heavy atom. The van der Waals surface area contributed by atoms with Crippen molar-refractivity contribution in [3.63, 3.8) is 0 Å². The van der Waals surface area contributed by atoms with Crippen LogP contribution >= 0.6 is 11.8 Å². The first-order chi connectivity index (χ1) is 11.8. The highest BCUT2D eigenvalue weighted by atomic mass is 32.2. The van der Waals surface area contributed by atoms with E-state index in [1.807, 2.05) is 65.2 Å². The molecule has 120 valence electrons. The molecule has 1 aliphatic carbocycles. The summed E-state index contributed by atoms with van der Waals surface area (Å²) in [6, 6.07) is 15.1. The molecule has 2 aliphatic rings. The van der Waals surface area contributed by atoms with Gasteiger partial charge in [-0.2, -0.15) is 11.8 Å². The Kier molecular flexibility index (Phi) is 3.98. The van der Waals surface area contributed by atoms with Gasteiger partial charge in [0.25, 0.3) is 0 Å². The number of fused-ring (bicyclic) bond motifs is 2. The summed E-state index contributed by atoms with van der Waals surface area (Å²) in [4.78, 5) is 27.3. The van der Waals surface area contributed by atoms with Crippen LogP contribution in [0.5, 0.6) is 0 Å². The van der Waals surface area contributed by atoms with Gasteiger partial charge in [0.15, 0.2) is 5.78 Å². The Balaban J connectivity index is 1.83. The summed E-state index contributed by atoms with van der Waals surface area (Å²) in [5.41, 5.74) is 3.89. The third-order valence-electron chi connectivity index (χ3n) is 4.51. The van der Waals surface area contributed by atoms with Crippen LogP contribution < -0.4 is 0 Å². The van der Waals surface area contributed by atoms with Crippen LogP contribution in [0, 0.1) is 0 Å². The zero-order chi connectivity index (χ0) is 16.5. The third-order valence-corrected chi connectivity index (χ3v) is 5.46. The molecule has 1 saturated heterocycles. The van der Waals surface area contributed by atoms with Crippen LogP contribution in [-0.2, 0) is 4.79 Å². The molecule has 1 amide bonds. The number of rotatable bonds is 1. The minimum Gasteiger partial charge on any atom is -0.337 e. The van der Waals surface area contributed by atoms with Gasteiger partial charge in [-0.1, -0.05) is 48.5 Å². The summed E-state index contributed by atoms with van der Waals surface area (Å²) in [6.45, 7) is 1.57. The predicted octanol–water partition coefficient (Wildman–Crippen LogP) is 3.24. The zero-order valence-corrected chi connectivity index (χ0v) is 14.0. The van der Waals surface area contributed by atoms with Crippen molar-refractivity contribution in [2.75, 3.05) is 24.6 Å². The molecule has 0 saturated carbocycles. The van der Waals surface area contributed by atoms with E-state index in [2.05, 4.69) is 0 Å². The number of carbonyl (C=O) groups is 2. The van der Waals surface area contributed by atoms with Crippen LogP contribution in [0.3, 0.4) is 0 Å². The summed E-state index contributed by atoms with van der Waals surface area (Å²) in [5, 5.41) is 0. The number of hydrogen-bond acceptors (Lipinski definition) is 3. The SMILES string of the molecule is O=C1c2ccccc2C(=CC(=O)N2CCSCC2)c2ccccc21. The standard InChI is InChI=1S/C20H17NO2S/c22-19(21-9-11-24-12-10-21)13-18-14-5-1-3-7-16(14)20(23)17-8-4-2-6-15(17)18/h1-8,13H,9-12H2. The fourth-order valence-corrected chi connectivity index (χ4v) is 4.18. The number of benzene rings is 2. The van der Waals surface area contributed by atoms with E-state index < -0.39 is 0 Å². The first-order valence-corrected chi connectivity index (χ1v) is 9.23. The zero-order valence-electron chi connectivity index (χ0n) is 13.2. The number of hydrogen-bond donors (Lipinski definition) is 0. The maximum atomic E-state index is 12.7. The van der Waals surface area contributed by atoms with Gasteiger partial charge in [0.2, 0.25) is 5.91 Å². The Morgan fingerprint density at radius 2 is 1.38 bits per heavy atom. The number of nitrogens with zero attached hydrogens (tertiary/aromatic N) is 1. The van der Waals surface area contributed by atoms with Gasteiger partial charge < -0.3 is 4.90 Å². The van der Waals surface area contributed by atoms with Crippen molar-refractivity contribution >= 4 is 29.0 Å². The second-order valence-electron chi connectivity index (χ2n) is 5.92. The molecule has 0 radical (unpaired) electrons. The normalized spacial score (nSPS) is 16.4. The summed E-state index contributed by atoms with van der Waals surface area (Å²) in [7, 11) is 0. The van der Waals surface area contributed by atoms with E-state index in [0.717, 1.165) is 41.3 Å². The van der Waals surface area contributed by atoms with Crippen molar-refractivity contribution in [3.05, 3.63) is 76.9 Å². The molecule has 0 N–H and O–H groups in total. The smallest absolute Gasteiger partial charge is 0.247 e. The third kappa shape index (κ3) is 2.57. The molecule has 1 fully saturated rings. The lowest BCUT2D eigenvalue weighted by Crippen LogP contribution is -2.37. The molecule has 0 spiro atoms.